The molecule has 4 nitrogen and oxygen atoms in total. The summed E-state index contributed by atoms with van der Waals surface area (Å²) in [5.41, 5.74) is 5.54. The van der Waals surface area contributed by atoms with Crippen LogP contribution in [0, 0.1) is 13.7 Å². The van der Waals surface area contributed by atoms with Gasteiger partial charge in [-0.05, 0) is 118 Å². The zero-order chi connectivity index (χ0) is 45.3. The van der Waals surface area contributed by atoms with Crippen molar-refractivity contribution < 1.29 is 20.2 Å². The lowest BCUT2D eigenvalue weighted by Gasteiger charge is -2.22. The second-order valence-electron chi connectivity index (χ2n) is 13.7. The molecule has 0 aliphatic rings. The Morgan fingerprint density at radius 3 is 2.19 bits per heavy atom. The van der Waals surface area contributed by atoms with Crippen LogP contribution in [0.15, 0.2) is 152 Å². The van der Waals surface area contributed by atoms with Crippen LogP contribution < -0.4 is 0 Å². The lowest BCUT2D eigenvalue weighted by molar-refractivity contribution is 0.477. The number of rotatable bonds is 6. The maximum Gasteiger partial charge on any atom is 0.149 e. The van der Waals surface area contributed by atoms with Crippen molar-refractivity contribution in [2.45, 2.75) is 39.9 Å². The van der Waals surface area contributed by atoms with Crippen molar-refractivity contribution in [3.63, 3.8) is 0 Å². The van der Waals surface area contributed by atoms with Crippen LogP contribution in [0.3, 0.4) is 0 Å². The van der Waals surface area contributed by atoms with E-state index in [4.69, 9.17) is 20.1 Å². The monoisotopic (exact) mass is 686 g/mol. The number of hydrogen-bond acceptors (Lipinski definition) is 3. The van der Waals surface area contributed by atoms with Crippen LogP contribution in [0.5, 0.6) is 5.75 Å². The van der Waals surface area contributed by atoms with Crippen molar-refractivity contribution in [3.05, 3.63) is 168 Å². The SMILES string of the molecule is [2H]c1c([2H])c([2H])c(-c2ccnc(-c3cc(-c4cccc5c4nc(-c4ccccc4O)n5-c4cc(-c5ccccc5)c(C([2H])([2H])[2H])c(C([2H])([2H])[2H])c4)cc(C(C)(C)C)c3)c2)c([2H])c1[2H]. The van der Waals surface area contributed by atoms with E-state index in [1.54, 1.807) is 77.5 Å². The van der Waals surface area contributed by atoms with Gasteiger partial charge in [-0.1, -0.05) is 112 Å². The van der Waals surface area contributed by atoms with Gasteiger partial charge in [-0.25, -0.2) is 4.98 Å². The quantitative estimate of drug-likeness (QED) is 0.189. The minimum Gasteiger partial charge on any atom is -0.507 e. The van der Waals surface area contributed by atoms with Crippen molar-refractivity contribution in [3.8, 4) is 67.5 Å². The van der Waals surface area contributed by atoms with Crippen LogP contribution >= 0.6 is 0 Å². The third kappa shape index (κ3) is 6.07. The lowest BCUT2D eigenvalue weighted by atomic mass is 9.83. The molecule has 0 radical (unpaired) electrons. The number of benzene rings is 6. The number of para-hydroxylation sites is 2. The summed E-state index contributed by atoms with van der Waals surface area (Å²) in [5, 5.41) is 11.3. The molecule has 2 aromatic heterocycles. The van der Waals surface area contributed by atoms with E-state index in [9.17, 15) is 5.11 Å². The van der Waals surface area contributed by atoms with E-state index in [0.29, 0.717) is 50.2 Å². The summed E-state index contributed by atoms with van der Waals surface area (Å²) in [6.45, 7) is 0.629. The van der Waals surface area contributed by atoms with Crippen molar-refractivity contribution in [2.24, 2.45) is 0 Å². The fourth-order valence-electron chi connectivity index (χ4n) is 6.54. The minimum atomic E-state index is -2.82. The van der Waals surface area contributed by atoms with Gasteiger partial charge in [-0.3, -0.25) is 9.55 Å². The van der Waals surface area contributed by atoms with E-state index in [0.717, 1.165) is 11.1 Å². The Morgan fingerprint density at radius 1 is 0.654 bits per heavy atom. The molecule has 0 fully saturated rings. The average molecular weight is 687 g/mol. The van der Waals surface area contributed by atoms with Crippen molar-refractivity contribution in [1.82, 2.24) is 14.5 Å². The van der Waals surface area contributed by atoms with E-state index in [1.807, 2.05) is 30.3 Å². The molecule has 52 heavy (non-hydrogen) atoms. The van der Waals surface area contributed by atoms with Gasteiger partial charge in [0.1, 0.15) is 11.6 Å². The zero-order valence-electron chi connectivity index (χ0n) is 39.8. The Kier molecular flexibility index (Phi) is 5.69. The molecule has 6 aromatic carbocycles. The number of nitrogens with zero attached hydrogens (tertiary/aromatic N) is 3. The predicted octanol–water partition coefficient (Wildman–Crippen LogP) is 12.4. The number of aromatic hydroxyl groups is 1. The predicted molar refractivity (Wildman–Crippen MR) is 216 cm³/mol. The maximum atomic E-state index is 11.3. The van der Waals surface area contributed by atoms with Crippen LogP contribution in [0.1, 0.15) is 52.5 Å². The van der Waals surface area contributed by atoms with Crippen LogP contribution in [0.25, 0.3) is 72.7 Å². The highest BCUT2D eigenvalue weighted by atomic mass is 16.3. The molecule has 0 spiro atoms. The van der Waals surface area contributed by atoms with Gasteiger partial charge >= 0.3 is 0 Å². The standard InChI is InChI=1S/C48H41N3O/c1-31-25-39(30-42(32(31)2)34-17-10-7-11-18-34)51-44-21-14-20-40(46(44)50-47(51)41-19-12-13-22-45(41)52)36-26-37(28-38(27-36)48(3,4)5)43-29-35(23-24-49-43)33-15-8-6-9-16-33/h6-30,52H,1-5H3/i1D3,2D3,6D,8D,9D,15D,16D. The van der Waals surface area contributed by atoms with Gasteiger partial charge in [0.05, 0.1) is 29.1 Å². The molecular formula is C48H41N3O. The van der Waals surface area contributed by atoms with Crippen molar-refractivity contribution >= 4 is 11.0 Å². The average Bonchev–Trinajstić information content (AvgIpc) is 3.64. The van der Waals surface area contributed by atoms with E-state index in [-0.39, 0.29) is 51.3 Å². The van der Waals surface area contributed by atoms with Gasteiger partial charge in [0, 0.05) is 31.2 Å². The first-order chi connectivity index (χ1) is 29.6. The molecule has 8 rings (SSSR count). The zero-order valence-corrected chi connectivity index (χ0v) is 28.8. The molecule has 254 valence electrons. The van der Waals surface area contributed by atoms with E-state index in [2.05, 4.69) is 31.8 Å². The number of phenols is 1. The molecule has 0 amide bonds. The van der Waals surface area contributed by atoms with Gasteiger partial charge in [0.25, 0.3) is 0 Å². The third-order valence-electron chi connectivity index (χ3n) is 9.25. The number of imidazole rings is 1. The highest BCUT2D eigenvalue weighted by Gasteiger charge is 2.23. The first-order valence-corrected chi connectivity index (χ1v) is 16.9. The Balaban J connectivity index is 1.41. The Hall–Kier alpha value is -6.26. The molecule has 4 heteroatoms. The summed E-state index contributed by atoms with van der Waals surface area (Å²) < 4.78 is 94.8. The molecule has 0 bridgehead atoms. The van der Waals surface area contributed by atoms with E-state index in [1.165, 1.54) is 12.1 Å². The summed E-state index contributed by atoms with van der Waals surface area (Å²) in [6.07, 6.45) is 1.55. The first-order valence-electron chi connectivity index (χ1n) is 22.4. The number of fused-ring (bicyclic) bond motifs is 1. The summed E-state index contributed by atoms with van der Waals surface area (Å²) in [6, 6.07) is 31.5. The molecule has 0 aliphatic carbocycles. The van der Waals surface area contributed by atoms with E-state index >= 15 is 0 Å². The largest absolute Gasteiger partial charge is 0.507 e. The highest BCUT2D eigenvalue weighted by molar-refractivity contribution is 5.97. The maximum absolute atomic E-state index is 11.3. The number of phenolic OH excluding ortho intramolecular Hbond substituents is 1. The van der Waals surface area contributed by atoms with Crippen LogP contribution in [-0.2, 0) is 5.41 Å². The van der Waals surface area contributed by atoms with Gasteiger partial charge in [-0.2, -0.15) is 0 Å². The van der Waals surface area contributed by atoms with Crippen molar-refractivity contribution in [1.29, 1.82) is 0 Å². The second-order valence-corrected chi connectivity index (χ2v) is 13.7. The molecule has 1 N–H and O–H groups in total. The summed E-state index contributed by atoms with van der Waals surface area (Å²) in [4.78, 5) is 9.88. The minimum absolute atomic E-state index is 0.0628. The molecule has 0 aliphatic heterocycles. The number of pyridine rings is 1. The Morgan fingerprint density at radius 2 is 1.42 bits per heavy atom. The van der Waals surface area contributed by atoms with Gasteiger partial charge in [0.2, 0.25) is 0 Å². The molecule has 2 heterocycles. The Bertz CT molecular complexity index is 3060. The van der Waals surface area contributed by atoms with Gasteiger partial charge in [0.15, 0.2) is 0 Å². The number of aromatic nitrogens is 3. The summed E-state index contributed by atoms with van der Waals surface area (Å²) in [7, 11) is 0. The molecular weight excluding hydrogens is 635 g/mol. The van der Waals surface area contributed by atoms with Crippen LogP contribution in [0.2, 0.25) is 0 Å². The number of aryl methyl sites for hydroxylation is 1. The third-order valence-corrected chi connectivity index (χ3v) is 9.25. The molecule has 8 aromatic rings. The second kappa shape index (κ2) is 13.1. The fourth-order valence-corrected chi connectivity index (χ4v) is 6.54. The highest BCUT2D eigenvalue weighted by Crippen LogP contribution is 2.41. The smallest absolute Gasteiger partial charge is 0.149 e. The summed E-state index contributed by atoms with van der Waals surface area (Å²) >= 11 is 0. The Labute approximate surface area is 321 Å². The molecule has 0 atom stereocenters. The van der Waals surface area contributed by atoms with Gasteiger partial charge < -0.3 is 5.11 Å². The van der Waals surface area contributed by atoms with Crippen LogP contribution in [0.4, 0.5) is 0 Å². The summed E-state index contributed by atoms with van der Waals surface area (Å²) in [5.74, 6) is 0.212. The molecule has 0 unspecified atom stereocenters. The first kappa shape index (κ1) is 22.5. The van der Waals surface area contributed by atoms with Crippen molar-refractivity contribution in [2.75, 3.05) is 0 Å². The van der Waals surface area contributed by atoms with Gasteiger partial charge in [-0.15, -0.1) is 0 Å². The fraction of sp³-hybridized carbons (Fsp3) is 0.125. The van der Waals surface area contributed by atoms with E-state index < -0.39 is 31.8 Å². The topological polar surface area (TPSA) is 50.9 Å². The molecule has 0 saturated carbocycles. The van der Waals surface area contributed by atoms with Crippen LogP contribution in [-0.4, -0.2) is 19.6 Å². The lowest BCUT2D eigenvalue weighted by Crippen LogP contribution is -2.11. The normalized spacial score (nSPS) is 15.2. The molecule has 0 saturated heterocycles. The number of hydrogen-bond donors (Lipinski definition) is 1.